The second-order valence-corrected chi connectivity index (χ2v) is 3.96. The van der Waals surface area contributed by atoms with Crippen molar-refractivity contribution in [2.24, 2.45) is 0 Å². The highest BCUT2D eigenvalue weighted by molar-refractivity contribution is 5.82. The summed E-state index contributed by atoms with van der Waals surface area (Å²) >= 11 is 0. The first-order valence-electron chi connectivity index (χ1n) is 5.33. The number of ketones is 1. The van der Waals surface area contributed by atoms with Crippen molar-refractivity contribution < 1.29 is 9.21 Å². The van der Waals surface area contributed by atoms with Crippen molar-refractivity contribution in [1.29, 1.82) is 0 Å². The van der Waals surface area contributed by atoms with Gasteiger partial charge in [-0.15, -0.1) is 0 Å². The van der Waals surface area contributed by atoms with Crippen molar-refractivity contribution >= 4 is 5.78 Å². The minimum absolute atomic E-state index is 0.179. The van der Waals surface area contributed by atoms with E-state index in [1.165, 1.54) is 5.56 Å². The molecule has 0 atom stereocenters. The highest BCUT2D eigenvalue weighted by atomic mass is 16.3. The summed E-state index contributed by atoms with van der Waals surface area (Å²) in [5, 5.41) is 0. The zero-order valence-electron chi connectivity index (χ0n) is 9.27. The lowest BCUT2D eigenvalue weighted by Gasteiger charge is -2.00. The third-order valence-corrected chi connectivity index (χ3v) is 2.47. The Balaban J connectivity index is 1.95. The minimum atomic E-state index is 0.179. The van der Waals surface area contributed by atoms with Crippen LogP contribution in [0.1, 0.15) is 16.9 Å². The molecule has 2 rings (SSSR count). The lowest BCUT2D eigenvalue weighted by Crippen LogP contribution is -2.05. The van der Waals surface area contributed by atoms with Crippen LogP contribution >= 0.6 is 0 Å². The van der Waals surface area contributed by atoms with E-state index in [1.807, 2.05) is 37.3 Å². The van der Waals surface area contributed by atoms with Crippen LogP contribution in [-0.4, -0.2) is 5.78 Å². The number of Topliss-reactive ketones (excluding diaryl/α,β-unsaturated/α-hetero) is 1. The standard InChI is InChI=1S/C14H14O2/c1-11-4-6-12(7-5-11)9-13(15)10-14-3-2-8-16-14/h2-8H,9-10H2,1H3. The third-order valence-electron chi connectivity index (χ3n) is 2.47. The van der Waals surface area contributed by atoms with Gasteiger partial charge in [0.2, 0.25) is 0 Å². The highest BCUT2D eigenvalue weighted by Crippen LogP contribution is 2.07. The van der Waals surface area contributed by atoms with Crippen molar-refractivity contribution in [3.63, 3.8) is 0 Å². The number of benzene rings is 1. The summed E-state index contributed by atoms with van der Waals surface area (Å²) < 4.78 is 5.14. The molecule has 0 spiro atoms. The minimum Gasteiger partial charge on any atom is -0.469 e. The van der Waals surface area contributed by atoms with Crippen LogP contribution < -0.4 is 0 Å². The van der Waals surface area contributed by atoms with E-state index in [1.54, 1.807) is 12.3 Å². The zero-order chi connectivity index (χ0) is 11.4. The summed E-state index contributed by atoms with van der Waals surface area (Å²) in [4.78, 5) is 11.7. The van der Waals surface area contributed by atoms with Gasteiger partial charge in [0, 0.05) is 6.42 Å². The van der Waals surface area contributed by atoms with Gasteiger partial charge in [0.05, 0.1) is 12.7 Å². The summed E-state index contributed by atoms with van der Waals surface area (Å²) in [6, 6.07) is 11.7. The Morgan fingerprint density at radius 2 is 1.88 bits per heavy atom. The van der Waals surface area contributed by atoms with Gasteiger partial charge < -0.3 is 4.42 Å². The maximum Gasteiger partial charge on any atom is 0.144 e. The van der Waals surface area contributed by atoms with Crippen LogP contribution in [0.2, 0.25) is 0 Å². The maximum atomic E-state index is 11.7. The Kier molecular flexibility index (Phi) is 3.20. The van der Waals surface area contributed by atoms with Gasteiger partial charge in [-0.05, 0) is 24.6 Å². The molecule has 0 N–H and O–H groups in total. The fourth-order valence-electron chi connectivity index (χ4n) is 1.60. The summed E-state index contributed by atoms with van der Waals surface area (Å²) in [7, 11) is 0. The molecule has 0 amide bonds. The number of carbonyl (C=O) groups is 1. The van der Waals surface area contributed by atoms with Crippen molar-refractivity contribution in [2.75, 3.05) is 0 Å². The van der Waals surface area contributed by atoms with Crippen LogP contribution in [-0.2, 0) is 17.6 Å². The van der Waals surface area contributed by atoms with Crippen LogP contribution in [0, 0.1) is 6.92 Å². The number of hydrogen-bond acceptors (Lipinski definition) is 2. The van der Waals surface area contributed by atoms with Gasteiger partial charge in [-0.2, -0.15) is 0 Å². The maximum absolute atomic E-state index is 11.7. The van der Waals surface area contributed by atoms with Gasteiger partial charge in [0.25, 0.3) is 0 Å². The van der Waals surface area contributed by atoms with Gasteiger partial charge in [0.15, 0.2) is 0 Å². The van der Waals surface area contributed by atoms with E-state index < -0.39 is 0 Å². The first-order chi connectivity index (χ1) is 7.74. The topological polar surface area (TPSA) is 30.2 Å². The average Bonchev–Trinajstić information content (AvgIpc) is 2.74. The largest absolute Gasteiger partial charge is 0.469 e. The third kappa shape index (κ3) is 2.83. The predicted molar refractivity (Wildman–Crippen MR) is 62.3 cm³/mol. The molecule has 2 heteroatoms. The molecular weight excluding hydrogens is 200 g/mol. The fraction of sp³-hybridized carbons (Fsp3) is 0.214. The lowest BCUT2D eigenvalue weighted by molar-refractivity contribution is -0.118. The normalized spacial score (nSPS) is 10.3. The number of carbonyl (C=O) groups excluding carboxylic acids is 1. The molecule has 1 aromatic heterocycles. The van der Waals surface area contributed by atoms with Gasteiger partial charge >= 0.3 is 0 Å². The summed E-state index contributed by atoms with van der Waals surface area (Å²) in [6.45, 7) is 2.04. The Hall–Kier alpha value is -1.83. The van der Waals surface area contributed by atoms with Crippen molar-refractivity contribution in [1.82, 2.24) is 0 Å². The zero-order valence-corrected chi connectivity index (χ0v) is 9.27. The van der Waals surface area contributed by atoms with Crippen LogP contribution in [0.15, 0.2) is 47.1 Å². The van der Waals surface area contributed by atoms with E-state index in [0.717, 1.165) is 11.3 Å². The van der Waals surface area contributed by atoms with Gasteiger partial charge in [-0.1, -0.05) is 29.8 Å². The fourth-order valence-corrected chi connectivity index (χ4v) is 1.60. The number of rotatable bonds is 4. The molecule has 0 saturated carbocycles. The van der Waals surface area contributed by atoms with Crippen molar-refractivity contribution in [3.05, 3.63) is 59.5 Å². The Labute approximate surface area is 94.9 Å². The van der Waals surface area contributed by atoms with Crippen LogP contribution in [0.25, 0.3) is 0 Å². The highest BCUT2D eigenvalue weighted by Gasteiger charge is 2.06. The summed E-state index contributed by atoms with van der Waals surface area (Å²) in [6.07, 6.45) is 2.44. The summed E-state index contributed by atoms with van der Waals surface area (Å²) in [5.41, 5.74) is 2.27. The molecule has 16 heavy (non-hydrogen) atoms. The Bertz CT molecular complexity index is 452. The Morgan fingerprint density at radius 1 is 1.12 bits per heavy atom. The lowest BCUT2D eigenvalue weighted by atomic mass is 10.0. The van der Waals surface area contributed by atoms with Crippen LogP contribution in [0.3, 0.4) is 0 Å². The second kappa shape index (κ2) is 4.79. The van der Waals surface area contributed by atoms with Gasteiger partial charge in [-0.25, -0.2) is 0 Å². The van der Waals surface area contributed by atoms with Crippen LogP contribution in [0.5, 0.6) is 0 Å². The second-order valence-electron chi connectivity index (χ2n) is 3.96. The first-order valence-corrected chi connectivity index (χ1v) is 5.33. The molecule has 0 fully saturated rings. The predicted octanol–water partition coefficient (Wildman–Crippen LogP) is 2.94. The Morgan fingerprint density at radius 3 is 2.50 bits per heavy atom. The molecule has 0 aliphatic heterocycles. The number of hydrogen-bond donors (Lipinski definition) is 0. The molecular formula is C14H14O2. The van der Waals surface area contributed by atoms with E-state index in [-0.39, 0.29) is 5.78 Å². The SMILES string of the molecule is Cc1ccc(CC(=O)Cc2ccco2)cc1. The smallest absolute Gasteiger partial charge is 0.144 e. The molecule has 0 aliphatic carbocycles. The molecule has 0 saturated heterocycles. The van der Waals surface area contributed by atoms with Crippen molar-refractivity contribution in [3.8, 4) is 0 Å². The van der Waals surface area contributed by atoms with Gasteiger partial charge in [0.1, 0.15) is 11.5 Å². The van der Waals surface area contributed by atoms with E-state index >= 15 is 0 Å². The molecule has 0 bridgehead atoms. The molecule has 0 aliphatic rings. The molecule has 2 nitrogen and oxygen atoms in total. The van der Waals surface area contributed by atoms with Gasteiger partial charge in [-0.3, -0.25) is 4.79 Å². The quantitative estimate of drug-likeness (QED) is 0.783. The molecule has 0 radical (unpaired) electrons. The monoisotopic (exact) mass is 214 g/mol. The average molecular weight is 214 g/mol. The molecule has 2 aromatic rings. The summed E-state index contributed by atoms with van der Waals surface area (Å²) in [5.74, 6) is 0.913. The molecule has 1 heterocycles. The van der Waals surface area contributed by atoms with E-state index in [4.69, 9.17) is 4.42 Å². The molecule has 1 aromatic carbocycles. The van der Waals surface area contributed by atoms with Crippen molar-refractivity contribution in [2.45, 2.75) is 19.8 Å². The van der Waals surface area contributed by atoms with E-state index in [0.29, 0.717) is 12.8 Å². The molecule has 0 unspecified atom stereocenters. The van der Waals surface area contributed by atoms with E-state index in [2.05, 4.69) is 0 Å². The van der Waals surface area contributed by atoms with Crippen LogP contribution in [0.4, 0.5) is 0 Å². The molecule has 82 valence electrons. The number of furan rings is 1. The van der Waals surface area contributed by atoms with E-state index in [9.17, 15) is 4.79 Å². The number of aryl methyl sites for hydroxylation is 1. The first kappa shape index (κ1) is 10.7.